The molecule has 0 aliphatic heterocycles. The second-order valence-corrected chi connectivity index (χ2v) is 9.21. The Morgan fingerprint density at radius 1 is 0.939 bits per heavy atom. The van der Waals surface area contributed by atoms with Gasteiger partial charge in [-0.2, -0.15) is 0 Å². The number of carbonyl (C=O) groups excluding carboxylic acids is 1. The molecule has 2 heterocycles. The highest BCUT2D eigenvalue weighted by Gasteiger charge is 2.21. The second-order valence-electron chi connectivity index (χ2n) is 7.77. The summed E-state index contributed by atoms with van der Waals surface area (Å²) in [4.78, 5) is 19.1. The Balaban J connectivity index is 1.65. The molecule has 0 saturated carbocycles. The Morgan fingerprint density at radius 2 is 1.64 bits per heavy atom. The Labute approximate surface area is 200 Å². The third-order valence-electron chi connectivity index (χ3n) is 5.44. The van der Waals surface area contributed by atoms with Crippen LogP contribution in [0.3, 0.4) is 0 Å². The van der Waals surface area contributed by atoms with Crippen LogP contribution in [-0.4, -0.2) is 10.9 Å². The van der Waals surface area contributed by atoms with Crippen LogP contribution < -0.4 is 11.1 Å². The van der Waals surface area contributed by atoms with Crippen molar-refractivity contribution in [1.29, 1.82) is 0 Å². The van der Waals surface area contributed by atoms with E-state index in [0.29, 0.717) is 20.4 Å². The Bertz CT molecular complexity index is 1460. The van der Waals surface area contributed by atoms with Crippen molar-refractivity contribution in [3.8, 4) is 22.4 Å². The highest BCUT2D eigenvalue weighted by atomic mass is 35.5. The van der Waals surface area contributed by atoms with Crippen molar-refractivity contribution in [2.24, 2.45) is 0 Å². The van der Waals surface area contributed by atoms with E-state index in [-0.39, 0.29) is 5.91 Å². The number of nitrogens with zero attached hydrogens (tertiary/aromatic N) is 1. The molecule has 1 amide bonds. The fourth-order valence-electron chi connectivity index (χ4n) is 3.73. The van der Waals surface area contributed by atoms with Crippen LogP contribution in [0.1, 0.15) is 15.2 Å². The number of thiophene rings is 1. The minimum Gasteiger partial charge on any atom is -0.397 e. The maximum Gasteiger partial charge on any atom is 0.267 e. The first-order chi connectivity index (χ1) is 16.0. The van der Waals surface area contributed by atoms with Gasteiger partial charge in [-0.25, -0.2) is 4.98 Å². The Morgan fingerprint density at radius 3 is 2.33 bits per heavy atom. The van der Waals surface area contributed by atoms with Crippen LogP contribution in [-0.2, 0) is 0 Å². The van der Waals surface area contributed by atoms with E-state index in [1.54, 1.807) is 0 Å². The fourth-order valence-corrected chi connectivity index (χ4v) is 4.87. The topological polar surface area (TPSA) is 68.0 Å². The average molecular weight is 470 g/mol. The molecule has 3 N–H and O–H groups in total. The van der Waals surface area contributed by atoms with Gasteiger partial charge in [0.1, 0.15) is 9.71 Å². The van der Waals surface area contributed by atoms with Gasteiger partial charge in [0.15, 0.2) is 0 Å². The lowest BCUT2D eigenvalue weighted by atomic mass is 9.99. The van der Waals surface area contributed by atoms with Crippen molar-refractivity contribution in [3.63, 3.8) is 0 Å². The number of nitrogen functional groups attached to an aromatic ring is 1. The first kappa shape index (κ1) is 21.2. The number of nitrogens with one attached hydrogen (secondary N) is 1. The van der Waals surface area contributed by atoms with Gasteiger partial charge in [0.25, 0.3) is 5.91 Å². The zero-order valence-electron chi connectivity index (χ0n) is 17.8. The van der Waals surface area contributed by atoms with E-state index in [1.807, 2.05) is 91.9 Å². The summed E-state index contributed by atoms with van der Waals surface area (Å²) >= 11 is 7.38. The van der Waals surface area contributed by atoms with Gasteiger partial charge in [-0.15, -0.1) is 11.3 Å². The van der Waals surface area contributed by atoms with E-state index >= 15 is 0 Å². The molecule has 5 aromatic rings. The van der Waals surface area contributed by atoms with Crippen molar-refractivity contribution in [2.75, 3.05) is 11.1 Å². The highest BCUT2D eigenvalue weighted by Crippen LogP contribution is 2.41. The van der Waals surface area contributed by atoms with Crippen LogP contribution >= 0.6 is 22.9 Å². The summed E-state index contributed by atoms with van der Waals surface area (Å²) < 4.78 is 0. The number of hydrogen-bond acceptors (Lipinski definition) is 4. The van der Waals surface area contributed by atoms with Crippen molar-refractivity contribution < 1.29 is 4.79 Å². The summed E-state index contributed by atoms with van der Waals surface area (Å²) in [5, 5.41) is 4.40. The SMILES string of the molecule is Cc1ccc(NC(=O)c2sc3nc(-c4ccc(Cl)cc4)cc(-c4ccccc4)c3c2N)cc1. The molecule has 0 aliphatic rings. The average Bonchev–Trinajstić information content (AvgIpc) is 3.17. The minimum atomic E-state index is -0.244. The number of hydrogen-bond donors (Lipinski definition) is 2. The van der Waals surface area contributed by atoms with Crippen LogP contribution in [0.4, 0.5) is 11.4 Å². The molecule has 5 rings (SSSR count). The van der Waals surface area contributed by atoms with Crippen LogP contribution in [0, 0.1) is 6.92 Å². The summed E-state index contributed by atoms with van der Waals surface area (Å²) in [7, 11) is 0. The molecular formula is C27H20ClN3OS. The zero-order chi connectivity index (χ0) is 22.9. The molecule has 0 unspecified atom stereocenters. The molecule has 162 valence electrons. The van der Waals surface area contributed by atoms with E-state index in [1.165, 1.54) is 11.3 Å². The number of aryl methyl sites for hydroxylation is 1. The first-order valence-corrected chi connectivity index (χ1v) is 11.6. The molecule has 0 spiro atoms. The summed E-state index contributed by atoms with van der Waals surface area (Å²) in [6, 6.07) is 27.2. The molecule has 0 fully saturated rings. The van der Waals surface area contributed by atoms with E-state index in [4.69, 9.17) is 22.3 Å². The molecule has 0 aliphatic carbocycles. The Hall–Kier alpha value is -3.67. The predicted octanol–water partition coefficient (Wildman–Crippen LogP) is 7.43. The van der Waals surface area contributed by atoms with E-state index in [9.17, 15) is 4.79 Å². The number of anilines is 2. The van der Waals surface area contributed by atoms with Crippen LogP contribution in [0.15, 0.2) is 84.9 Å². The molecule has 33 heavy (non-hydrogen) atoms. The van der Waals surface area contributed by atoms with Crippen molar-refractivity contribution in [1.82, 2.24) is 4.98 Å². The lowest BCUT2D eigenvalue weighted by Crippen LogP contribution is -2.11. The zero-order valence-corrected chi connectivity index (χ0v) is 19.4. The number of carbonyl (C=O) groups is 1. The van der Waals surface area contributed by atoms with Crippen LogP contribution in [0.5, 0.6) is 0 Å². The number of halogens is 1. The highest BCUT2D eigenvalue weighted by molar-refractivity contribution is 7.21. The van der Waals surface area contributed by atoms with Gasteiger partial charge in [-0.1, -0.05) is 71.8 Å². The molecule has 0 radical (unpaired) electrons. The van der Waals surface area contributed by atoms with Crippen molar-refractivity contribution in [2.45, 2.75) is 6.92 Å². The van der Waals surface area contributed by atoms with Crippen molar-refractivity contribution in [3.05, 3.63) is 100 Å². The minimum absolute atomic E-state index is 0.244. The van der Waals surface area contributed by atoms with E-state index < -0.39 is 0 Å². The van der Waals surface area contributed by atoms with Crippen LogP contribution in [0.25, 0.3) is 32.6 Å². The molecule has 0 saturated heterocycles. The molecule has 2 aromatic heterocycles. The first-order valence-electron chi connectivity index (χ1n) is 10.4. The fraction of sp³-hybridized carbons (Fsp3) is 0.0370. The third kappa shape index (κ3) is 4.21. The molecule has 0 bridgehead atoms. The summed E-state index contributed by atoms with van der Waals surface area (Å²) in [6.45, 7) is 2.00. The molecular weight excluding hydrogens is 450 g/mol. The lowest BCUT2D eigenvalue weighted by molar-refractivity contribution is 0.103. The van der Waals surface area contributed by atoms with Gasteiger partial charge in [0.05, 0.1) is 11.4 Å². The summed E-state index contributed by atoms with van der Waals surface area (Å²) in [5.41, 5.74) is 12.5. The van der Waals surface area contributed by atoms with Gasteiger partial charge in [-0.05, 0) is 48.4 Å². The van der Waals surface area contributed by atoms with Gasteiger partial charge in [0.2, 0.25) is 0 Å². The predicted molar refractivity (Wildman–Crippen MR) is 139 cm³/mol. The quantitative estimate of drug-likeness (QED) is 0.287. The number of benzene rings is 3. The molecule has 6 heteroatoms. The van der Waals surface area contributed by atoms with Gasteiger partial charge in [0, 0.05) is 21.7 Å². The Kier molecular flexibility index (Phi) is 5.58. The summed E-state index contributed by atoms with van der Waals surface area (Å²) in [5.74, 6) is -0.244. The molecule has 0 atom stereocenters. The molecule has 4 nitrogen and oxygen atoms in total. The van der Waals surface area contributed by atoms with Gasteiger partial charge >= 0.3 is 0 Å². The molecule has 3 aromatic carbocycles. The lowest BCUT2D eigenvalue weighted by Gasteiger charge is -2.09. The van der Waals surface area contributed by atoms with E-state index in [0.717, 1.165) is 39.0 Å². The number of aromatic nitrogens is 1. The largest absolute Gasteiger partial charge is 0.397 e. The normalized spacial score (nSPS) is 11.0. The number of nitrogens with two attached hydrogens (primary N) is 1. The number of fused-ring (bicyclic) bond motifs is 1. The smallest absolute Gasteiger partial charge is 0.267 e. The number of pyridine rings is 1. The maximum absolute atomic E-state index is 13.1. The second kappa shape index (κ2) is 8.70. The van der Waals surface area contributed by atoms with Crippen LogP contribution in [0.2, 0.25) is 5.02 Å². The number of amides is 1. The van der Waals surface area contributed by atoms with Gasteiger partial charge in [-0.3, -0.25) is 4.79 Å². The maximum atomic E-state index is 13.1. The third-order valence-corrected chi connectivity index (χ3v) is 6.79. The summed E-state index contributed by atoms with van der Waals surface area (Å²) in [6.07, 6.45) is 0. The van der Waals surface area contributed by atoms with E-state index in [2.05, 4.69) is 5.32 Å². The number of rotatable bonds is 4. The standard InChI is InChI=1S/C27H20ClN3OS/c1-16-7-13-20(14-8-16)30-26(32)25-24(29)23-21(17-5-3-2-4-6-17)15-22(31-27(23)33-25)18-9-11-19(28)12-10-18/h2-15H,29H2,1H3,(H,30,32). The monoisotopic (exact) mass is 469 g/mol. The van der Waals surface area contributed by atoms with Gasteiger partial charge < -0.3 is 11.1 Å². The van der Waals surface area contributed by atoms with Crippen molar-refractivity contribution >= 4 is 50.4 Å².